The predicted molar refractivity (Wildman–Crippen MR) is 85.4 cm³/mol. The third kappa shape index (κ3) is 4.00. The molecule has 5 heteroatoms. The second-order valence-corrected chi connectivity index (χ2v) is 7.54. The zero-order chi connectivity index (χ0) is 16.3. The molecule has 0 spiro atoms. The highest BCUT2D eigenvalue weighted by atomic mass is 16.5. The molecule has 0 aromatic carbocycles. The lowest BCUT2D eigenvalue weighted by molar-refractivity contribution is -0.155. The summed E-state index contributed by atoms with van der Waals surface area (Å²) in [5.41, 5.74) is -0.299. The zero-order valence-electron chi connectivity index (χ0n) is 14.4. The molecule has 0 N–H and O–H groups in total. The van der Waals surface area contributed by atoms with Gasteiger partial charge in [0.05, 0.1) is 12.1 Å². The minimum Gasteiger partial charge on any atom is -0.381 e. The first kappa shape index (κ1) is 17.3. The first-order valence-electron chi connectivity index (χ1n) is 8.49. The molecule has 22 heavy (non-hydrogen) atoms. The van der Waals surface area contributed by atoms with Crippen molar-refractivity contribution < 1.29 is 14.3 Å². The van der Waals surface area contributed by atoms with E-state index >= 15 is 0 Å². The van der Waals surface area contributed by atoms with E-state index in [2.05, 4.69) is 0 Å². The average molecular weight is 310 g/mol. The number of rotatable bonds is 4. The molecule has 2 aliphatic heterocycles. The van der Waals surface area contributed by atoms with Crippen molar-refractivity contribution in [3.05, 3.63) is 0 Å². The van der Waals surface area contributed by atoms with E-state index in [1.807, 2.05) is 32.6 Å². The summed E-state index contributed by atoms with van der Waals surface area (Å²) < 4.78 is 5.46. The molecule has 126 valence electrons. The first-order valence-corrected chi connectivity index (χ1v) is 8.49. The van der Waals surface area contributed by atoms with Crippen LogP contribution in [-0.2, 0) is 14.3 Å². The summed E-state index contributed by atoms with van der Waals surface area (Å²) in [7, 11) is 0. The van der Waals surface area contributed by atoms with Crippen molar-refractivity contribution >= 4 is 11.8 Å². The molecule has 0 radical (unpaired) electrons. The minimum atomic E-state index is -0.299. The number of carbonyl (C=O) groups is 2. The van der Waals surface area contributed by atoms with Gasteiger partial charge in [-0.05, 0) is 52.9 Å². The topological polar surface area (TPSA) is 49.9 Å². The molecular formula is C17H30N2O3. The van der Waals surface area contributed by atoms with Gasteiger partial charge in [-0.1, -0.05) is 0 Å². The molecule has 5 nitrogen and oxygen atoms in total. The Balaban J connectivity index is 1.89. The van der Waals surface area contributed by atoms with Crippen LogP contribution in [-0.4, -0.2) is 59.5 Å². The van der Waals surface area contributed by atoms with Gasteiger partial charge in [0.25, 0.3) is 0 Å². The molecule has 1 unspecified atom stereocenters. The highest BCUT2D eigenvalue weighted by molar-refractivity contribution is 5.87. The highest BCUT2D eigenvalue weighted by Crippen LogP contribution is 2.26. The van der Waals surface area contributed by atoms with Crippen molar-refractivity contribution in [3.8, 4) is 0 Å². The van der Waals surface area contributed by atoms with E-state index in [9.17, 15) is 9.59 Å². The van der Waals surface area contributed by atoms with E-state index in [-0.39, 0.29) is 29.9 Å². The maximum Gasteiger partial charge on any atom is 0.242 e. The van der Waals surface area contributed by atoms with Gasteiger partial charge in [0.1, 0.15) is 0 Å². The lowest BCUT2D eigenvalue weighted by atomic mass is 9.94. The maximum atomic E-state index is 12.5. The number of amides is 2. The fraction of sp³-hybridized carbons (Fsp3) is 0.882. The summed E-state index contributed by atoms with van der Waals surface area (Å²) >= 11 is 0. The number of hydrogen-bond donors (Lipinski definition) is 0. The van der Waals surface area contributed by atoms with Crippen LogP contribution in [0.1, 0.15) is 53.4 Å². The van der Waals surface area contributed by atoms with Crippen LogP contribution < -0.4 is 0 Å². The Morgan fingerprint density at radius 1 is 1.41 bits per heavy atom. The van der Waals surface area contributed by atoms with E-state index in [0.717, 1.165) is 32.5 Å². The average Bonchev–Trinajstić information content (AvgIpc) is 2.43. The Kier molecular flexibility index (Phi) is 5.48. The summed E-state index contributed by atoms with van der Waals surface area (Å²) in [5, 5.41) is 0. The fourth-order valence-corrected chi connectivity index (χ4v) is 3.86. The summed E-state index contributed by atoms with van der Waals surface area (Å²) in [6.45, 7) is 10.6. The van der Waals surface area contributed by atoms with Crippen molar-refractivity contribution in [1.29, 1.82) is 0 Å². The van der Waals surface area contributed by atoms with Crippen molar-refractivity contribution in [1.82, 2.24) is 9.80 Å². The fourth-order valence-electron chi connectivity index (χ4n) is 3.86. The minimum absolute atomic E-state index is 0.0561. The molecule has 2 saturated heterocycles. The molecule has 0 aromatic rings. The quantitative estimate of drug-likeness (QED) is 0.798. The van der Waals surface area contributed by atoms with Crippen LogP contribution in [0.15, 0.2) is 0 Å². The summed E-state index contributed by atoms with van der Waals surface area (Å²) in [5.74, 6) is 0.661. The first-order chi connectivity index (χ1) is 10.3. The second kappa shape index (κ2) is 6.99. The monoisotopic (exact) mass is 310 g/mol. The Bertz CT molecular complexity index is 414. The van der Waals surface area contributed by atoms with Gasteiger partial charge in [0, 0.05) is 32.2 Å². The van der Waals surface area contributed by atoms with Gasteiger partial charge in [0.2, 0.25) is 11.8 Å². The van der Waals surface area contributed by atoms with Crippen molar-refractivity contribution in [2.24, 2.45) is 5.92 Å². The van der Waals surface area contributed by atoms with E-state index in [0.29, 0.717) is 18.9 Å². The van der Waals surface area contributed by atoms with E-state index in [1.165, 1.54) is 0 Å². The van der Waals surface area contributed by atoms with E-state index in [1.54, 1.807) is 4.90 Å². The molecule has 2 amide bonds. The largest absolute Gasteiger partial charge is 0.381 e. The number of nitrogens with zero attached hydrogens (tertiary/aromatic N) is 2. The van der Waals surface area contributed by atoms with Crippen LogP contribution in [0.2, 0.25) is 0 Å². The molecule has 1 atom stereocenters. The number of ether oxygens (including phenoxy) is 1. The van der Waals surface area contributed by atoms with Gasteiger partial charge < -0.3 is 14.5 Å². The van der Waals surface area contributed by atoms with E-state index < -0.39 is 0 Å². The Morgan fingerprint density at radius 2 is 2.14 bits per heavy atom. The Morgan fingerprint density at radius 3 is 2.68 bits per heavy atom. The van der Waals surface area contributed by atoms with Crippen LogP contribution in [0, 0.1) is 5.92 Å². The van der Waals surface area contributed by atoms with Crippen molar-refractivity contribution in [2.45, 2.75) is 65.0 Å². The molecule has 2 rings (SSSR count). The van der Waals surface area contributed by atoms with Gasteiger partial charge >= 0.3 is 0 Å². The third-order valence-corrected chi connectivity index (χ3v) is 4.71. The number of piperazine rings is 1. The van der Waals surface area contributed by atoms with Crippen LogP contribution in [0.25, 0.3) is 0 Å². The molecular weight excluding hydrogens is 280 g/mol. The molecule has 2 fully saturated rings. The number of carbonyl (C=O) groups excluding carboxylic acids is 2. The lowest BCUT2D eigenvalue weighted by Gasteiger charge is -2.49. The van der Waals surface area contributed by atoms with Gasteiger partial charge in [-0.3, -0.25) is 9.59 Å². The lowest BCUT2D eigenvalue weighted by Crippen LogP contribution is -2.64. The normalized spacial score (nSPS) is 25.7. The van der Waals surface area contributed by atoms with Gasteiger partial charge in [-0.2, -0.15) is 0 Å². The van der Waals surface area contributed by atoms with Crippen LogP contribution in [0.4, 0.5) is 0 Å². The zero-order valence-corrected chi connectivity index (χ0v) is 14.4. The molecule has 2 aliphatic rings. The molecule has 0 aliphatic carbocycles. The van der Waals surface area contributed by atoms with E-state index in [4.69, 9.17) is 4.74 Å². The van der Waals surface area contributed by atoms with Crippen molar-refractivity contribution in [2.75, 3.05) is 26.3 Å². The maximum absolute atomic E-state index is 12.5. The molecule has 0 saturated carbocycles. The van der Waals surface area contributed by atoms with Crippen LogP contribution in [0.5, 0.6) is 0 Å². The van der Waals surface area contributed by atoms with Gasteiger partial charge in [-0.15, -0.1) is 0 Å². The van der Waals surface area contributed by atoms with Crippen LogP contribution in [0.3, 0.4) is 0 Å². The number of hydrogen-bond acceptors (Lipinski definition) is 3. The molecule has 0 aromatic heterocycles. The highest BCUT2D eigenvalue weighted by Gasteiger charge is 2.41. The summed E-state index contributed by atoms with van der Waals surface area (Å²) in [4.78, 5) is 28.5. The Labute approximate surface area is 134 Å². The van der Waals surface area contributed by atoms with Crippen molar-refractivity contribution in [3.63, 3.8) is 0 Å². The van der Waals surface area contributed by atoms with Crippen LogP contribution >= 0.6 is 0 Å². The third-order valence-electron chi connectivity index (χ3n) is 4.71. The summed E-state index contributed by atoms with van der Waals surface area (Å²) in [6, 6.07) is 0.166. The molecule has 2 heterocycles. The summed E-state index contributed by atoms with van der Waals surface area (Å²) in [6.07, 6.45) is 3.65. The van der Waals surface area contributed by atoms with Gasteiger partial charge in [-0.25, -0.2) is 0 Å². The Hall–Kier alpha value is -1.10. The SMILES string of the molecule is CC(C)N1C(=O)CN(C(=O)CCC2CCCOC2)CC1(C)C. The smallest absolute Gasteiger partial charge is 0.242 e. The standard InChI is InChI=1S/C17H30N2O3/c1-13(2)19-16(21)10-18(12-17(19,3)4)15(20)8-7-14-6-5-9-22-11-14/h13-14H,5-12H2,1-4H3. The molecule has 0 bridgehead atoms. The predicted octanol–water partition coefficient (Wildman–Crippen LogP) is 2.05. The van der Waals surface area contributed by atoms with Gasteiger partial charge in [0.15, 0.2) is 0 Å². The second-order valence-electron chi connectivity index (χ2n) is 7.54.